The summed E-state index contributed by atoms with van der Waals surface area (Å²) in [7, 11) is 0. The van der Waals surface area contributed by atoms with Gasteiger partial charge in [0.1, 0.15) is 30.2 Å². The highest BCUT2D eigenvalue weighted by Gasteiger charge is 2.49. The fraction of sp³-hybridized carbons (Fsp3) is 0.333. The van der Waals surface area contributed by atoms with Gasteiger partial charge < -0.3 is 30.5 Å². The molecule has 14 nitrogen and oxygen atoms in total. The number of aromatic amines is 1. The topological polar surface area (TPSA) is 207 Å². The molecule has 4 aromatic rings. The first-order valence-electron chi connectivity index (χ1n) is 10.7. The molecule has 1 aliphatic heterocycles. The van der Waals surface area contributed by atoms with Crippen LogP contribution in [-0.4, -0.2) is 80.9 Å². The van der Waals surface area contributed by atoms with E-state index in [0.29, 0.717) is 5.56 Å². The van der Waals surface area contributed by atoms with Crippen molar-refractivity contribution in [2.24, 2.45) is 0 Å². The summed E-state index contributed by atoms with van der Waals surface area (Å²) in [6, 6.07) is 8.84. The Morgan fingerprint density at radius 2 is 2.00 bits per heavy atom. The van der Waals surface area contributed by atoms with Crippen LogP contribution in [0.2, 0.25) is 5.28 Å². The molecular formula is C21H21ClN8O6. The number of nitrogens with one attached hydrogen (secondary N) is 1. The number of carbonyl (C=O) groups is 1. The van der Waals surface area contributed by atoms with Crippen LogP contribution < -0.4 is 5.73 Å². The number of aromatic nitrogens is 7. The summed E-state index contributed by atoms with van der Waals surface area (Å²) in [5.41, 5.74) is 4.96. The maximum absolute atomic E-state index is 12.5. The molecule has 188 valence electrons. The van der Waals surface area contributed by atoms with Crippen LogP contribution in [0.15, 0.2) is 43.0 Å². The fourth-order valence-electron chi connectivity index (χ4n) is 4.14. The summed E-state index contributed by atoms with van der Waals surface area (Å²) in [6.45, 7) is -0.404. The van der Waals surface area contributed by atoms with E-state index in [1.165, 1.54) is 17.2 Å². The van der Waals surface area contributed by atoms with E-state index in [2.05, 4.69) is 30.1 Å². The Bertz CT molecular complexity index is 1370. The van der Waals surface area contributed by atoms with Gasteiger partial charge >= 0.3 is 5.97 Å². The summed E-state index contributed by atoms with van der Waals surface area (Å²) in [6.07, 6.45) is -2.71. The van der Waals surface area contributed by atoms with E-state index in [1.54, 1.807) is 30.3 Å². The van der Waals surface area contributed by atoms with Gasteiger partial charge in [-0.1, -0.05) is 30.3 Å². The number of nitrogen functional groups attached to an aromatic ring is 1. The lowest BCUT2D eigenvalue weighted by Crippen LogP contribution is -2.45. The van der Waals surface area contributed by atoms with Crippen LogP contribution in [0, 0.1) is 0 Å². The molecule has 1 saturated heterocycles. The van der Waals surface area contributed by atoms with Crippen molar-refractivity contribution in [1.29, 1.82) is 0 Å². The summed E-state index contributed by atoms with van der Waals surface area (Å²) in [5.74, 6) is -1.32. The number of aliphatic carboxylic acids is 1. The number of imidazole rings is 1. The van der Waals surface area contributed by atoms with Crippen LogP contribution in [-0.2, 0) is 26.3 Å². The van der Waals surface area contributed by atoms with Gasteiger partial charge in [0.05, 0.1) is 12.9 Å². The van der Waals surface area contributed by atoms with E-state index in [0.717, 1.165) is 0 Å². The monoisotopic (exact) mass is 516 g/mol. The first-order chi connectivity index (χ1) is 17.3. The highest BCUT2D eigenvalue weighted by Crippen LogP contribution is 2.35. The number of aliphatic hydroxyl groups is 2. The summed E-state index contributed by atoms with van der Waals surface area (Å²) in [4.78, 5) is 28.6. The smallest absolute Gasteiger partial charge is 0.344 e. The molecule has 36 heavy (non-hydrogen) atoms. The van der Waals surface area contributed by atoms with Crippen molar-refractivity contribution in [2.45, 2.75) is 36.6 Å². The van der Waals surface area contributed by atoms with Crippen molar-refractivity contribution >= 4 is 34.6 Å². The van der Waals surface area contributed by atoms with Crippen LogP contribution in [0.25, 0.3) is 11.2 Å². The largest absolute Gasteiger partial charge is 0.479 e. The van der Waals surface area contributed by atoms with Crippen LogP contribution in [0.1, 0.15) is 17.6 Å². The number of hydrogen-bond donors (Lipinski definition) is 5. The molecule has 5 atom stereocenters. The molecule has 4 heterocycles. The molecule has 6 N–H and O–H groups in total. The summed E-state index contributed by atoms with van der Waals surface area (Å²) < 4.78 is 13.1. The Morgan fingerprint density at radius 3 is 2.69 bits per heavy atom. The third kappa shape index (κ3) is 4.14. The molecule has 0 aliphatic carbocycles. The second-order valence-corrected chi connectivity index (χ2v) is 8.53. The molecule has 1 aliphatic rings. The predicted molar refractivity (Wildman–Crippen MR) is 122 cm³/mol. The third-order valence-electron chi connectivity index (χ3n) is 5.97. The Hall–Kier alpha value is -3.69. The number of nitrogens with two attached hydrogens (primary N) is 1. The van der Waals surface area contributed by atoms with Gasteiger partial charge in [0, 0.05) is 6.42 Å². The molecule has 1 aromatic carbocycles. The number of hydrogen-bond acceptors (Lipinski definition) is 11. The van der Waals surface area contributed by atoms with Crippen molar-refractivity contribution in [3.05, 3.63) is 59.7 Å². The van der Waals surface area contributed by atoms with Gasteiger partial charge in [-0.15, -0.1) is 0 Å². The Kier molecular flexibility index (Phi) is 6.27. The molecular weight excluding hydrogens is 496 g/mol. The number of fused-ring (bicyclic) bond motifs is 1. The minimum Gasteiger partial charge on any atom is -0.479 e. The first kappa shape index (κ1) is 24.0. The minimum atomic E-state index is -1.97. The number of carboxylic acids is 1. The van der Waals surface area contributed by atoms with Gasteiger partial charge in [-0.05, 0) is 17.2 Å². The summed E-state index contributed by atoms with van der Waals surface area (Å²) in [5, 5.41) is 37.8. The van der Waals surface area contributed by atoms with Crippen molar-refractivity contribution in [3.63, 3.8) is 0 Å². The zero-order chi connectivity index (χ0) is 25.4. The molecule has 0 spiro atoms. The number of benzene rings is 1. The van der Waals surface area contributed by atoms with Gasteiger partial charge in [0.25, 0.3) is 0 Å². The number of anilines is 1. The molecule has 0 amide bonds. The van der Waals surface area contributed by atoms with Crippen LogP contribution >= 0.6 is 11.6 Å². The van der Waals surface area contributed by atoms with Gasteiger partial charge in [0.15, 0.2) is 23.5 Å². The fourth-order valence-corrected chi connectivity index (χ4v) is 4.31. The van der Waals surface area contributed by atoms with Crippen molar-refractivity contribution in [1.82, 2.24) is 34.7 Å². The second kappa shape index (κ2) is 9.40. The van der Waals surface area contributed by atoms with Gasteiger partial charge in [-0.3, -0.25) is 9.67 Å². The van der Waals surface area contributed by atoms with Gasteiger partial charge in [-0.25, -0.2) is 14.8 Å². The Labute approximate surface area is 207 Å². The molecule has 0 saturated carbocycles. The van der Waals surface area contributed by atoms with E-state index in [1.807, 2.05) is 0 Å². The lowest BCUT2D eigenvalue weighted by atomic mass is 9.93. The zero-order valence-electron chi connectivity index (χ0n) is 18.5. The molecule has 1 unspecified atom stereocenters. The maximum Gasteiger partial charge on any atom is 0.344 e. The molecule has 0 bridgehead atoms. The van der Waals surface area contributed by atoms with E-state index >= 15 is 0 Å². The lowest BCUT2D eigenvalue weighted by molar-refractivity contribution is -0.177. The van der Waals surface area contributed by atoms with Gasteiger partial charge in [0.2, 0.25) is 10.9 Å². The lowest BCUT2D eigenvalue weighted by Gasteiger charge is -2.29. The number of aliphatic hydroxyl groups excluding tert-OH is 2. The van der Waals surface area contributed by atoms with E-state index in [4.69, 9.17) is 26.8 Å². The van der Waals surface area contributed by atoms with Crippen molar-refractivity contribution in [3.8, 4) is 0 Å². The molecule has 5 rings (SSSR count). The highest BCUT2D eigenvalue weighted by molar-refractivity contribution is 6.28. The zero-order valence-corrected chi connectivity index (χ0v) is 19.2. The highest BCUT2D eigenvalue weighted by atomic mass is 35.5. The number of carboxylic acid groups (broad SMARTS) is 1. The molecule has 15 heteroatoms. The summed E-state index contributed by atoms with van der Waals surface area (Å²) >= 11 is 5.91. The standard InChI is InChI=1S/C21H21ClN8O6/c22-20-27-15(23)12-16(28-20)30(9-25-12)17-14(32)13(31)11(36-17)7-35-21(19(33)34,18-24-8-26-29-18)6-10-4-2-1-3-5-10/h1-5,8-9,11,13-14,17,31-32H,6-7H2,(H,33,34)(H2,23,27,28)(H,24,26,29)/t11-,13-,14-,17-,21?/m1/s1. The normalized spacial score (nSPS) is 23.6. The van der Waals surface area contributed by atoms with Gasteiger partial charge in [-0.2, -0.15) is 15.1 Å². The predicted octanol–water partition coefficient (Wildman–Crippen LogP) is 0.0386. The number of ether oxygens (including phenoxy) is 2. The third-order valence-corrected chi connectivity index (χ3v) is 6.13. The SMILES string of the molecule is Nc1nc(Cl)nc2c1ncn2[C@@H]1O[C@H](COC(Cc2ccccc2)(C(=O)O)c2ncn[nH]2)[C@@H](O)[C@H]1O. The van der Waals surface area contributed by atoms with Crippen molar-refractivity contribution < 1.29 is 29.6 Å². The first-order valence-corrected chi connectivity index (χ1v) is 11.1. The minimum absolute atomic E-state index is 0.0362. The number of nitrogens with zero attached hydrogens (tertiary/aromatic N) is 6. The maximum atomic E-state index is 12.5. The Morgan fingerprint density at radius 1 is 1.22 bits per heavy atom. The number of rotatable bonds is 8. The van der Waals surface area contributed by atoms with Crippen LogP contribution in [0.4, 0.5) is 5.82 Å². The second-order valence-electron chi connectivity index (χ2n) is 8.19. The number of H-pyrrole nitrogens is 1. The van der Waals surface area contributed by atoms with E-state index in [9.17, 15) is 20.1 Å². The Balaban J connectivity index is 1.42. The molecule has 0 radical (unpaired) electrons. The molecule has 3 aromatic heterocycles. The average molecular weight is 517 g/mol. The quantitative estimate of drug-likeness (QED) is 0.197. The van der Waals surface area contributed by atoms with E-state index < -0.39 is 42.7 Å². The van der Waals surface area contributed by atoms with E-state index in [-0.39, 0.29) is 34.5 Å². The van der Waals surface area contributed by atoms with Crippen molar-refractivity contribution in [2.75, 3.05) is 12.3 Å². The van der Waals surface area contributed by atoms with Crippen LogP contribution in [0.5, 0.6) is 0 Å². The number of halogens is 1. The van der Waals surface area contributed by atoms with Crippen LogP contribution in [0.3, 0.4) is 0 Å². The molecule has 1 fully saturated rings. The average Bonchev–Trinajstić information content (AvgIpc) is 3.59.